The van der Waals surface area contributed by atoms with Crippen molar-refractivity contribution in [1.29, 1.82) is 0 Å². The molecule has 0 N–H and O–H groups in total. The number of Topliss-reactive ketones (excluding diaryl/α,β-unsaturated/α-hetero) is 1. The third kappa shape index (κ3) is 2.11. The van der Waals surface area contributed by atoms with Crippen molar-refractivity contribution in [3.05, 3.63) is 44.3 Å². The highest BCUT2D eigenvalue weighted by Crippen LogP contribution is 2.16. The molecule has 0 atom stereocenters. The zero-order valence-electron chi connectivity index (χ0n) is 7.82. The van der Waals surface area contributed by atoms with Crippen molar-refractivity contribution in [3.63, 3.8) is 0 Å². The van der Waals surface area contributed by atoms with Crippen LogP contribution in [0.4, 0.5) is 0 Å². The van der Waals surface area contributed by atoms with Crippen LogP contribution in [0.2, 0.25) is 0 Å². The summed E-state index contributed by atoms with van der Waals surface area (Å²) < 4.78 is 0. The number of carbonyl (C=O) groups excluding carboxylic acids is 1. The Hall–Kier alpha value is -0.930. The summed E-state index contributed by atoms with van der Waals surface area (Å²) in [7, 11) is 0. The Morgan fingerprint density at radius 3 is 2.86 bits per heavy atom. The van der Waals surface area contributed by atoms with E-state index in [2.05, 4.69) is 18.4 Å². The molecule has 0 unspecified atom stereocenters. The van der Waals surface area contributed by atoms with Gasteiger partial charge >= 0.3 is 0 Å². The fourth-order valence-electron chi connectivity index (χ4n) is 1.30. The van der Waals surface area contributed by atoms with Gasteiger partial charge in [-0.05, 0) is 35.4 Å². The van der Waals surface area contributed by atoms with E-state index in [1.807, 2.05) is 16.8 Å². The Morgan fingerprint density at radius 1 is 1.43 bits per heavy atom. The number of aryl methyl sites for hydroxylation is 1. The lowest BCUT2D eigenvalue weighted by molar-refractivity contribution is 0.0993. The van der Waals surface area contributed by atoms with Crippen LogP contribution >= 0.6 is 22.7 Å². The zero-order valence-corrected chi connectivity index (χ0v) is 9.45. The average Bonchev–Trinajstić information content (AvgIpc) is 2.75. The molecule has 0 fully saturated rings. The molecule has 0 aliphatic heterocycles. The normalized spacial score (nSPS) is 10.4. The van der Waals surface area contributed by atoms with Gasteiger partial charge in [0.25, 0.3) is 0 Å². The van der Waals surface area contributed by atoms with Crippen LogP contribution in [0, 0.1) is 6.92 Å². The molecule has 0 saturated heterocycles. The summed E-state index contributed by atoms with van der Waals surface area (Å²) in [6.07, 6.45) is 0.529. The van der Waals surface area contributed by atoms with Gasteiger partial charge in [0.1, 0.15) is 0 Å². The number of rotatable bonds is 3. The maximum absolute atomic E-state index is 11.7. The van der Waals surface area contributed by atoms with Crippen LogP contribution in [0.25, 0.3) is 0 Å². The molecule has 0 aromatic carbocycles. The van der Waals surface area contributed by atoms with Gasteiger partial charge in [0.2, 0.25) is 0 Å². The fraction of sp³-hybridized carbons (Fsp3) is 0.182. The van der Waals surface area contributed by atoms with Gasteiger partial charge in [-0.25, -0.2) is 0 Å². The predicted octanol–water partition coefficient (Wildman–Crippen LogP) is 3.54. The summed E-state index contributed by atoms with van der Waals surface area (Å²) in [4.78, 5) is 13.0. The minimum absolute atomic E-state index is 0.212. The number of ketones is 1. The number of carbonyl (C=O) groups is 1. The largest absolute Gasteiger partial charge is 0.294 e. The Balaban J connectivity index is 2.09. The van der Waals surface area contributed by atoms with Crippen molar-refractivity contribution in [3.8, 4) is 0 Å². The molecule has 0 bridgehead atoms. The standard InChI is InChI=1S/C11H10OS2/c1-8-4-9(6-14-8)5-11(12)10-2-3-13-7-10/h2-4,6-7H,5H2,1H3. The molecule has 2 rings (SSSR count). The molecule has 0 radical (unpaired) electrons. The van der Waals surface area contributed by atoms with Crippen LogP contribution in [0.15, 0.2) is 28.3 Å². The molecule has 0 saturated carbocycles. The molecule has 0 aliphatic rings. The number of hydrogen-bond acceptors (Lipinski definition) is 3. The summed E-state index contributed by atoms with van der Waals surface area (Å²) >= 11 is 3.26. The highest BCUT2D eigenvalue weighted by Gasteiger charge is 2.07. The second-order valence-electron chi connectivity index (χ2n) is 3.18. The van der Waals surface area contributed by atoms with Crippen molar-refractivity contribution in [2.24, 2.45) is 0 Å². The van der Waals surface area contributed by atoms with Crippen LogP contribution in [0.5, 0.6) is 0 Å². The number of hydrogen-bond donors (Lipinski definition) is 0. The molecular weight excluding hydrogens is 212 g/mol. The minimum atomic E-state index is 0.212. The summed E-state index contributed by atoms with van der Waals surface area (Å²) in [5.41, 5.74) is 1.96. The van der Waals surface area contributed by atoms with Gasteiger partial charge < -0.3 is 0 Å². The molecule has 72 valence electrons. The van der Waals surface area contributed by atoms with Crippen molar-refractivity contribution in [2.45, 2.75) is 13.3 Å². The minimum Gasteiger partial charge on any atom is -0.294 e. The van der Waals surface area contributed by atoms with Crippen LogP contribution in [-0.4, -0.2) is 5.78 Å². The summed E-state index contributed by atoms with van der Waals surface area (Å²) in [6.45, 7) is 2.06. The van der Waals surface area contributed by atoms with E-state index < -0.39 is 0 Å². The van der Waals surface area contributed by atoms with Crippen molar-refractivity contribution >= 4 is 28.5 Å². The van der Waals surface area contributed by atoms with E-state index in [1.54, 1.807) is 22.7 Å². The van der Waals surface area contributed by atoms with Gasteiger partial charge in [-0.15, -0.1) is 11.3 Å². The van der Waals surface area contributed by atoms with Crippen LogP contribution in [0.3, 0.4) is 0 Å². The van der Waals surface area contributed by atoms with Crippen molar-refractivity contribution in [2.75, 3.05) is 0 Å². The molecule has 2 aromatic rings. The third-order valence-electron chi connectivity index (χ3n) is 1.99. The second-order valence-corrected chi connectivity index (χ2v) is 5.07. The number of thiophene rings is 2. The Bertz CT molecular complexity index is 426. The summed E-state index contributed by atoms with van der Waals surface area (Å²) in [5.74, 6) is 0.212. The first-order valence-electron chi connectivity index (χ1n) is 4.35. The van der Waals surface area contributed by atoms with E-state index in [4.69, 9.17) is 0 Å². The highest BCUT2D eigenvalue weighted by atomic mass is 32.1. The van der Waals surface area contributed by atoms with E-state index in [1.165, 1.54) is 4.88 Å². The van der Waals surface area contributed by atoms with Gasteiger partial charge in [-0.2, -0.15) is 11.3 Å². The van der Waals surface area contributed by atoms with Gasteiger partial charge in [0.05, 0.1) is 0 Å². The van der Waals surface area contributed by atoms with Crippen molar-refractivity contribution < 1.29 is 4.79 Å². The molecule has 0 aliphatic carbocycles. The lowest BCUT2D eigenvalue weighted by atomic mass is 10.1. The van der Waals surface area contributed by atoms with E-state index in [9.17, 15) is 4.79 Å². The first-order valence-corrected chi connectivity index (χ1v) is 6.17. The van der Waals surface area contributed by atoms with Gasteiger partial charge in [0.15, 0.2) is 5.78 Å². The van der Waals surface area contributed by atoms with Crippen molar-refractivity contribution in [1.82, 2.24) is 0 Å². The molecule has 0 spiro atoms. The van der Waals surface area contributed by atoms with Crippen LogP contribution < -0.4 is 0 Å². The molecule has 3 heteroatoms. The first-order chi connectivity index (χ1) is 6.75. The Kier molecular flexibility index (Phi) is 2.79. The SMILES string of the molecule is Cc1cc(CC(=O)c2ccsc2)cs1. The average molecular weight is 222 g/mol. The topological polar surface area (TPSA) is 17.1 Å². The van der Waals surface area contributed by atoms with E-state index in [0.717, 1.165) is 11.1 Å². The fourth-order valence-corrected chi connectivity index (χ4v) is 2.67. The monoisotopic (exact) mass is 222 g/mol. The molecular formula is C11H10OS2. The van der Waals surface area contributed by atoms with Gasteiger partial charge in [0, 0.05) is 22.2 Å². The molecule has 0 amide bonds. The predicted molar refractivity (Wildman–Crippen MR) is 61.4 cm³/mol. The van der Waals surface area contributed by atoms with E-state index in [-0.39, 0.29) is 5.78 Å². The molecule has 2 aromatic heterocycles. The van der Waals surface area contributed by atoms with E-state index in [0.29, 0.717) is 6.42 Å². The highest BCUT2D eigenvalue weighted by molar-refractivity contribution is 7.10. The lowest BCUT2D eigenvalue weighted by Crippen LogP contribution is -2.00. The first kappa shape index (κ1) is 9.62. The summed E-state index contributed by atoms with van der Waals surface area (Å²) in [5, 5.41) is 5.90. The Labute approximate surface area is 91.0 Å². The molecule has 14 heavy (non-hydrogen) atoms. The Morgan fingerprint density at radius 2 is 2.29 bits per heavy atom. The molecule has 2 heterocycles. The quantitative estimate of drug-likeness (QED) is 0.726. The van der Waals surface area contributed by atoms with Gasteiger partial charge in [-0.1, -0.05) is 0 Å². The maximum atomic E-state index is 11.7. The third-order valence-corrected chi connectivity index (χ3v) is 3.59. The zero-order chi connectivity index (χ0) is 9.97. The smallest absolute Gasteiger partial charge is 0.168 e. The van der Waals surface area contributed by atoms with E-state index >= 15 is 0 Å². The summed E-state index contributed by atoms with van der Waals surface area (Å²) in [6, 6.07) is 3.96. The van der Waals surface area contributed by atoms with Gasteiger partial charge in [-0.3, -0.25) is 4.79 Å². The molecule has 1 nitrogen and oxygen atoms in total. The van der Waals surface area contributed by atoms with Crippen LogP contribution in [0.1, 0.15) is 20.8 Å². The van der Waals surface area contributed by atoms with Crippen LogP contribution in [-0.2, 0) is 6.42 Å². The second kappa shape index (κ2) is 4.07. The maximum Gasteiger partial charge on any atom is 0.168 e. The lowest BCUT2D eigenvalue weighted by Gasteiger charge is -1.94.